The van der Waals surface area contributed by atoms with Crippen LogP contribution in [0.5, 0.6) is 0 Å². The highest BCUT2D eigenvalue weighted by molar-refractivity contribution is 6.04. The molecule has 0 bridgehead atoms. The Bertz CT molecular complexity index is 1080. The predicted octanol–water partition coefficient (Wildman–Crippen LogP) is 3.62. The predicted molar refractivity (Wildman–Crippen MR) is 109 cm³/mol. The van der Waals surface area contributed by atoms with Crippen molar-refractivity contribution in [3.8, 4) is 0 Å². The summed E-state index contributed by atoms with van der Waals surface area (Å²) in [5, 5.41) is 3.25. The summed E-state index contributed by atoms with van der Waals surface area (Å²) in [6, 6.07) is 15.6. The molecule has 3 aromatic rings. The van der Waals surface area contributed by atoms with Gasteiger partial charge in [0.05, 0.1) is 5.56 Å². The average Bonchev–Trinajstić information content (AvgIpc) is 2.65. The Morgan fingerprint density at radius 2 is 1.71 bits per heavy atom. The summed E-state index contributed by atoms with van der Waals surface area (Å²) in [5.41, 5.74) is 2.05. The van der Waals surface area contributed by atoms with E-state index in [0.29, 0.717) is 16.6 Å². The average molecular weight is 378 g/mol. The highest BCUT2D eigenvalue weighted by Crippen LogP contribution is 2.23. The molecule has 1 heterocycles. The highest BCUT2D eigenvalue weighted by Gasteiger charge is 2.16. The molecule has 144 valence electrons. The molecule has 0 radical (unpaired) electrons. The molecule has 0 aliphatic heterocycles. The molecule has 0 atom stereocenters. The van der Waals surface area contributed by atoms with Gasteiger partial charge in [-0.1, -0.05) is 51.1 Å². The number of benzene rings is 2. The van der Waals surface area contributed by atoms with Crippen LogP contribution in [0, 0.1) is 0 Å². The number of para-hydroxylation sites is 1. The molecule has 1 amide bonds. The summed E-state index contributed by atoms with van der Waals surface area (Å²) in [6.45, 7) is 5.89. The maximum absolute atomic E-state index is 12.4. The number of pyridine rings is 1. The zero-order valence-electron chi connectivity index (χ0n) is 16.0. The van der Waals surface area contributed by atoms with Crippen LogP contribution >= 0.6 is 0 Å². The monoisotopic (exact) mass is 378 g/mol. The number of H-pyrrole nitrogens is 1. The standard InChI is InChI=1S/C22H22N2O4/c1-22(2,3)14-8-10-15(11-9-14)23-20(26)13-28-21(27)17-12-19(25)24-18-7-5-4-6-16(17)18/h4-12H,13H2,1-3H3,(H,23,26)(H,24,25). The van der Waals surface area contributed by atoms with Crippen LogP contribution < -0.4 is 10.9 Å². The van der Waals surface area contributed by atoms with Crippen LogP contribution in [0.25, 0.3) is 10.9 Å². The third-order valence-electron chi connectivity index (χ3n) is 4.34. The van der Waals surface area contributed by atoms with Crippen LogP contribution in [-0.4, -0.2) is 23.5 Å². The topological polar surface area (TPSA) is 88.3 Å². The van der Waals surface area contributed by atoms with Crippen molar-refractivity contribution in [1.29, 1.82) is 0 Å². The second-order valence-electron chi connectivity index (χ2n) is 7.54. The largest absolute Gasteiger partial charge is 0.452 e. The third-order valence-corrected chi connectivity index (χ3v) is 4.34. The fraction of sp³-hybridized carbons (Fsp3) is 0.227. The second-order valence-corrected chi connectivity index (χ2v) is 7.54. The van der Waals surface area contributed by atoms with Crippen molar-refractivity contribution in [3.63, 3.8) is 0 Å². The number of ether oxygens (including phenoxy) is 1. The van der Waals surface area contributed by atoms with Crippen molar-refractivity contribution in [2.24, 2.45) is 0 Å². The molecule has 2 N–H and O–H groups in total. The lowest BCUT2D eigenvalue weighted by molar-refractivity contribution is -0.119. The number of esters is 1. The SMILES string of the molecule is CC(C)(C)c1ccc(NC(=O)COC(=O)c2cc(=O)[nH]c3ccccc23)cc1. The van der Waals surface area contributed by atoms with Gasteiger partial charge in [0.2, 0.25) is 5.56 Å². The summed E-state index contributed by atoms with van der Waals surface area (Å²) < 4.78 is 5.10. The molecular weight excluding hydrogens is 356 g/mol. The van der Waals surface area contributed by atoms with Crippen molar-refractivity contribution in [1.82, 2.24) is 4.98 Å². The number of aromatic amines is 1. The molecule has 0 fully saturated rings. The second kappa shape index (κ2) is 7.68. The molecule has 0 aliphatic carbocycles. The maximum Gasteiger partial charge on any atom is 0.339 e. The van der Waals surface area contributed by atoms with Gasteiger partial charge in [-0.2, -0.15) is 0 Å². The van der Waals surface area contributed by atoms with Crippen molar-refractivity contribution in [3.05, 3.63) is 76.1 Å². The molecule has 0 saturated carbocycles. The number of carbonyl (C=O) groups excluding carboxylic acids is 2. The zero-order chi connectivity index (χ0) is 20.3. The molecule has 3 rings (SSSR count). The fourth-order valence-electron chi connectivity index (χ4n) is 2.83. The summed E-state index contributed by atoms with van der Waals surface area (Å²) in [6.07, 6.45) is 0. The van der Waals surface area contributed by atoms with Crippen LogP contribution in [0.15, 0.2) is 59.4 Å². The zero-order valence-corrected chi connectivity index (χ0v) is 16.0. The molecule has 1 aromatic heterocycles. The van der Waals surface area contributed by atoms with Gasteiger partial charge in [0, 0.05) is 22.7 Å². The van der Waals surface area contributed by atoms with E-state index in [0.717, 1.165) is 5.56 Å². The minimum atomic E-state index is -0.722. The maximum atomic E-state index is 12.4. The molecule has 0 aliphatic rings. The molecule has 0 saturated heterocycles. The quantitative estimate of drug-likeness (QED) is 0.679. The van der Waals surface area contributed by atoms with Crippen LogP contribution in [0.2, 0.25) is 0 Å². The number of aromatic nitrogens is 1. The Balaban J connectivity index is 1.65. The molecule has 28 heavy (non-hydrogen) atoms. The summed E-state index contributed by atoms with van der Waals surface area (Å²) in [7, 11) is 0. The van der Waals surface area contributed by atoms with E-state index in [1.54, 1.807) is 24.3 Å². The van der Waals surface area contributed by atoms with Gasteiger partial charge in [0.15, 0.2) is 6.61 Å². The number of rotatable bonds is 4. The van der Waals surface area contributed by atoms with E-state index < -0.39 is 24.0 Å². The van der Waals surface area contributed by atoms with Crippen LogP contribution in [0.4, 0.5) is 5.69 Å². The number of fused-ring (bicyclic) bond motifs is 1. The smallest absolute Gasteiger partial charge is 0.339 e. The first-order valence-corrected chi connectivity index (χ1v) is 8.93. The molecule has 6 heteroatoms. The molecule has 6 nitrogen and oxygen atoms in total. The molecule has 0 spiro atoms. The Kier molecular flexibility index (Phi) is 5.31. The first-order valence-electron chi connectivity index (χ1n) is 8.93. The van der Waals surface area contributed by atoms with E-state index in [-0.39, 0.29) is 11.0 Å². The van der Waals surface area contributed by atoms with E-state index in [2.05, 4.69) is 31.1 Å². The van der Waals surface area contributed by atoms with Crippen molar-refractivity contribution >= 4 is 28.5 Å². The number of amides is 1. The summed E-state index contributed by atoms with van der Waals surface area (Å²) in [4.78, 5) is 38.9. The minimum absolute atomic E-state index is 0.0222. The first-order chi connectivity index (χ1) is 13.2. The number of hydrogen-bond donors (Lipinski definition) is 2. The number of hydrogen-bond acceptors (Lipinski definition) is 4. The third kappa shape index (κ3) is 4.46. The Morgan fingerprint density at radius 3 is 2.39 bits per heavy atom. The van der Waals surface area contributed by atoms with Crippen LogP contribution in [0.3, 0.4) is 0 Å². The van der Waals surface area contributed by atoms with Crippen LogP contribution in [0.1, 0.15) is 36.7 Å². The Labute approximate surface area is 162 Å². The Hall–Kier alpha value is -3.41. The number of carbonyl (C=O) groups is 2. The fourth-order valence-corrected chi connectivity index (χ4v) is 2.83. The lowest BCUT2D eigenvalue weighted by Crippen LogP contribution is -2.22. The van der Waals surface area contributed by atoms with E-state index in [4.69, 9.17) is 4.74 Å². The van der Waals surface area contributed by atoms with Crippen molar-refractivity contribution < 1.29 is 14.3 Å². The number of nitrogens with one attached hydrogen (secondary N) is 2. The van der Waals surface area contributed by atoms with Gasteiger partial charge in [-0.05, 0) is 29.2 Å². The van der Waals surface area contributed by atoms with Gasteiger partial charge in [-0.25, -0.2) is 4.79 Å². The van der Waals surface area contributed by atoms with E-state index in [1.807, 2.05) is 24.3 Å². The lowest BCUT2D eigenvalue weighted by Gasteiger charge is -2.19. The summed E-state index contributed by atoms with van der Waals surface area (Å²) >= 11 is 0. The van der Waals surface area contributed by atoms with E-state index in [1.165, 1.54) is 6.07 Å². The molecule has 2 aromatic carbocycles. The van der Waals surface area contributed by atoms with Gasteiger partial charge >= 0.3 is 5.97 Å². The van der Waals surface area contributed by atoms with Gasteiger partial charge in [0.1, 0.15) is 0 Å². The number of anilines is 1. The molecular formula is C22H22N2O4. The Morgan fingerprint density at radius 1 is 1.04 bits per heavy atom. The normalized spacial score (nSPS) is 11.2. The van der Waals surface area contributed by atoms with Gasteiger partial charge < -0.3 is 15.0 Å². The van der Waals surface area contributed by atoms with Gasteiger partial charge in [-0.3, -0.25) is 9.59 Å². The van der Waals surface area contributed by atoms with Crippen LogP contribution in [-0.2, 0) is 14.9 Å². The molecule has 0 unspecified atom stereocenters. The summed E-state index contributed by atoms with van der Waals surface area (Å²) in [5.74, 6) is -1.17. The lowest BCUT2D eigenvalue weighted by atomic mass is 9.87. The van der Waals surface area contributed by atoms with Gasteiger partial charge in [-0.15, -0.1) is 0 Å². The minimum Gasteiger partial charge on any atom is -0.452 e. The van der Waals surface area contributed by atoms with Crippen molar-refractivity contribution in [2.45, 2.75) is 26.2 Å². The van der Waals surface area contributed by atoms with Crippen molar-refractivity contribution in [2.75, 3.05) is 11.9 Å². The van der Waals surface area contributed by atoms with Gasteiger partial charge in [0.25, 0.3) is 5.91 Å². The highest BCUT2D eigenvalue weighted by atomic mass is 16.5. The van der Waals surface area contributed by atoms with E-state index in [9.17, 15) is 14.4 Å². The first kappa shape index (κ1) is 19.4. The van der Waals surface area contributed by atoms with E-state index >= 15 is 0 Å².